The first kappa shape index (κ1) is 19.6. The molecule has 28 heavy (non-hydrogen) atoms. The molecule has 0 spiro atoms. The summed E-state index contributed by atoms with van der Waals surface area (Å²) < 4.78 is 33.8. The summed E-state index contributed by atoms with van der Waals surface area (Å²) >= 11 is 0.869. The van der Waals surface area contributed by atoms with Gasteiger partial charge in [0.1, 0.15) is 12.4 Å². The lowest BCUT2D eigenvalue weighted by atomic mass is 10.1. The van der Waals surface area contributed by atoms with Gasteiger partial charge >= 0.3 is 5.97 Å². The van der Waals surface area contributed by atoms with Crippen molar-refractivity contribution in [3.05, 3.63) is 64.0 Å². The zero-order chi connectivity index (χ0) is 20.4. The van der Waals surface area contributed by atoms with Gasteiger partial charge in [-0.1, -0.05) is 23.5 Å². The quantitative estimate of drug-likeness (QED) is 0.495. The van der Waals surface area contributed by atoms with E-state index in [9.17, 15) is 23.2 Å². The molecule has 0 atom stereocenters. The molecule has 0 radical (unpaired) electrons. The van der Waals surface area contributed by atoms with E-state index in [0.29, 0.717) is 11.6 Å². The summed E-state index contributed by atoms with van der Waals surface area (Å²) in [5.74, 6) is -3.14. The van der Waals surface area contributed by atoms with Gasteiger partial charge in [0.15, 0.2) is 16.4 Å². The van der Waals surface area contributed by atoms with Crippen LogP contribution in [0.3, 0.4) is 0 Å². The fourth-order valence-corrected chi connectivity index (χ4v) is 3.62. The maximum Gasteiger partial charge on any atom is 0.325 e. The summed E-state index contributed by atoms with van der Waals surface area (Å²) in [7, 11) is 1.17. The second kappa shape index (κ2) is 7.81. The van der Waals surface area contributed by atoms with Crippen LogP contribution in [0.2, 0.25) is 0 Å². The van der Waals surface area contributed by atoms with Gasteiger partial charge in [-0.15, -0.1) is 0 Å². The van der Waals surface area contributed by atoms with Gasteiger partial charge in [-0.3, -0.25) is 14.4 Å². The number of rotatable bonds is 4. The second-order valence-corrected chi connectivity index (χ2v) is 6.84. The number of amides is 1. The summed E-state index contributed by atoms with van der Waals surface area (Å²) in [6, 6.07) is 7.67. The van der Waals surface area contributed by atoms with Crippen molar-refractivity contribution < 1.29 is 27.9 Å². The van der Waals surface area contributed by atoms with Crippen molar-refractivity contribution in [2.24, 2.45) is 4.99 Å². The molecule has 144 valence electrons. The molecule has 0 N–H and O–H groups in total. The van der Waals surface area contributed by atoms with Crippen LogP contribution in [0, 0.1) is 11.6 Å². The highest BCUT2D eigenvalue weighted by Gasteiger charge is 2.17. The standard InChI is InChI=1S/C19H14F2N2O4S/c1-10(24)11-3-5-12(6-4-11)18(26)22-19-23(9-16(25)27-2)17-14(21)7-13(20)8-15(17)28-19/h3-8H,9H2,1-2H3. The summed E-state index contributed by atoms with van der Waals surface area (Å²) in [4.78, 5) is 39.5. The molecule has 1 heterocycles. The average molecular weight is 404 g/mol. The van der Waals surface area contributed by atoms with Crippen molar-refractivity contribution >= 4 is 39.2 Å². The van der Waals surface area contributed by atoms with Gasteiger partial charge in [0.05, 0.1) is 17.3 Å². The van der Waals surface area contributed by atoms with Crippen LogP contribution in [0.25, 0.3) is 10.2 Å². The molecule has 2 aromatic carbocycles. The summed E-state index contributed by atoms with van der Waals surface area (Å²) in [5, 5.41) is 0. The van der Waals surface area contributed by atoms with Crippen LogP contribution in [0.5, 0.6) is 0 Å². The number of hydrogen-bond acceptors (Lipinski definition) is 5. The zero-order valence-electron chi connectivity index (χ0n) is 14.9. The summed E-state index contributed by atoms with van der Waals surface area (Å²) in [6.45, 7) is 1.01. The highest BCUT2D eigenvalue weighted by Crippen LogP contribution is 2.22. The molecule has 0 aliphatic carbocycles. The number of carbonyl (C=O) groups is 3. The molecule has 9 heteroatoms. The molecule has 6 nitrogen and oxygen atoms in total. The maximum absolute atomic E-state index is 14.3. The fourth-order valence-electron chi connectivity index (χ4n) is 2.55. The van der Waals surface area contributed by atoms with Crippen LogP contribution in [-0.2, 0) is 16.1 Å². The molecule has 3 rings (SSSR count). The number of Topliss-reactive ketones (excluding diaryl/α,β-unsaturated/α-hetero) is 1. The predicted octanol–water partition coefficient (Wildman–Crippen LogP) is 3.10. The number of ketones is 1. The molecular formula is C19H14F2N2O4S. The number of aromatic nitrogens is 1. The monoisotopic (exact) mass is 404 g/mol. The lowest BCUT2D eigenvalue weighted by molar-refractivity contribution is -0.141. The van der Waals surface area contributed by atoms with E-state index in [-0.39, 0.29) is 26.4 Å². The SMILES string of the molecule is COC(=O)Cn1c(=NC(=O)c2ccc(C(C)=O)cc2)sc2cc(F)cc(F)c21. The largest absolute Gasteiger partial charge is 0.468 e. The van der Waals surface area contributed by atoms with Crippen molar-refractivity contribution in [3.8, 4) is 0 Å². The van der Waals surface area contributed by atoms with Crippen LogP contribution >= 0.6 is 11.3 Å². The van der Waals surface area contributed by atoms with Crippen molar-refractivity contribution in [1.82, 2.24) is 4.57 Å². The topological polar surface area (TPSA) is 77.7 Å². The Bertz CT molecular complexity index is 1160. The van der Waals surface area contributed by atoms with Crippen molar-refractivity contribution in [2.75, 3.05) is 7.11 Å². The molecule has 1 aromatic heterocycles. The van der Waals surface area contributed by atoms with E-state index in [1.54, 1.807) is 0 Å². The maximum atomic E-state index is 14.3. The first-order chi connectivity index (χ1) is 13.3. The highest BCUT2D eigenvalue weighted by atomic mass is 32.1. The summed E-state index contributed by atoms with van der Waals surface area (Å²) in [6.07, 6.45) is 0. The van der Waals surface area contributed by atoms with Gasteiger partial charge in [-0.05, 0) is 25.1 Å². The van der Waals surface area contributed by atoms with Crippen LogP contribution in [-0.4, -0.2) is 29.3 Å². The third-order valence-electron chi connectivity index (χ3n) is 3.95. The Hall–Kier alpha value is -3.20. The second-order valence-electron chi connectivity index (χ2n) is 5.83. The number of methoxy groups -OCH3 is 1. The lowest BCUT2D eigenvalue weighted by Gasteiger charge is -2.04. The summed E-state index contributed by atoms with van der Waals surface area (Å²) in [5.41, 5.74) is 0.603. The molecule has 0 saturated heterocycles. The lowest BCUT2D eigenvalue weighted by Crippen LogP contribution is -2.23. The number of ether oxygens (including phenoxy) is 1. The number of halogens is 2. The highest BCUT2D eigenvalue weighted by molar-refractivity contribution is 7.16. The molecule has 0 unspecified atom stereocenters. The Morgan fingerprint density at radius 1 is 1.11 bits per heavy atom. The molecule has 0 aliphatic rings. The van der Waals surface area contributed by atoms with Crippen molar-refractivity contribution in [2.45, 2.75) is 13.5 Å². The number of esters is 1. The molecule has 0 aliphatic heterocycles. The van der Waals surface area contributed by atoms with Crippen LogP contribution in [0.1, 0.15) is 27.6 Å². The minimum atomic E-state index is -0.880. The molecule has 0 bridgehead atoms. The third kappa shape index (κ3) is 3.89. The third-order valence-corrected chi connectivity index (χ3v) is 4.97. The van der Waals surface area contributed by atoms with Crippen LogP contribution < -0.4 is 4.80 Å². The van der Waals surface area contributed by atoms with E-state index in [2.05, 4.69) is 9.73 Å². The van der Waals surface area contributed by atoms with Gasteiger partial charge in [0, 0.05) is 17.2 Å². The Kier molecular flexibility index (Phi) is 5.46. The van der Waals surface area contributed by atoms with Crippen LogP contribution in [0.15, 0.2) is 41.4 Å². The Morgan fingerprint density at radius 3 is 2.36 bits per heavy atom. The number of carbonyl (C=O) groups excluding carboxylic acids is 3. The molecule has 3 aromatic rings. The minimum Gasteiger partial charge on any atom is -0.468 e. The molecule has 0 fully saturated rings. The van der Waals surface area contributed by atoms with E-state index in [4.69, 9.17) is 0 Å². The Morgan fingerprint density at radius 2 is 1.75 bits per heavy atom. The fraction of sp³-hybridized carbons (Fsp3) is 0.158. The van der Waals surface area contributed by atoms with E-state index in [0.717, 1.165) is 17.4 Å². The predicted molar refractivity (Wildman–Crippen MR) is 98.1 cm³/mol. The van der Waals surface area contributed by atoms with Gasteiger partial charge in [0.2, 0.25) is 0 Å². The Labute approximate surface area is 161 Å². The normalized spacial score (nSPS) is 11.6. The van der Waals surface area contributed by atoms with Crippen molar-refractivity contribution in [1.29, 1.82) is 0 Å². The number of thiazole rings is 1. The number of nitrogens with zero attached hydrogens (tertiary/aromatic N) is 2. The average Bonchev–Trinajstić information content (AvgIpc) is 2.98. The van der Waals surface area contributed by atoms with Crippen LogP contribution in [0.4, 0.5) is 8.78 Å². The van der Waals surface area contributed by atoms with Gasteiger partial charge in [-0.2, -0.15) is 4.99 Å². The van der Waals surface area contributed by atoms with Gasteiger partial charge < -0.3 is 9.30 Å². The molecule has 0 saturated carbocycles. The van der Waals surface area contributed by atoms with E-state index in [1.165, 1.54) is 42.9 Å². The number of hydrogen-bond donors (Lipinski definition) is 0. The van der Waals surface area contributed by atoms with E-state index >= 15 is 0 Å². The van der Waals surface area contributed by atoms with Gasteiger partial charge in [0.25, 0.3) is 5.91 Å². The van der Waals surface area contributed by atoms with Crippen molar-refractivity contribution in [3.63, 3.8) is 0 Å². The molecule has 1 amide bonds. The van der Waals surface area contributed by atoms with E-state index < -0.39 is 30.1 Å². The smallest absolute Gasteiger partial charge is 0.325 e. The molecular weight excluding hydrogens is 390 g/mol. The van der Waals surface area contributed by atoms with Gasteiger partial charge in [-0.25, -0.2) is 8.78 Å². The first-order valence-corrected chi connectivity index (χ1v) is 8.87. The Balaban J connectivity index is 2.13. The van der Waals surface area contributed by atoms with E-state index in [1.807, 2.05) is 0 Å². The number of benzene rings is 2. The zero-order valence-corrected chi connectivity index (χ0v) is 15.7. The number of fused-ring (bicyclic) bond motifs is 1. The minimum absolute atomic E-state index is 0.0190. The first-order valence-electron chi connectivity index (χ1n) is 8.05.